The van der Waals surface area contributed by atoms with Crippen LogP contribution in [0.3, 0.4) is 0 Å². The van der Waals surface area contributed by atoms with E-state index in [0.717, 1.165) is 0 Å². The maximum Gasteiger partial charge on any atom is 0.331 e. The molecule has 0 rings (SSSR count). The van der Waals surface area contributed by atoms with Crippen LogP contribution in [0.4, 0.5) is 0 Å². The number of ether oxygens (including phenoxy) is 1. The predicted octanol–water partition coefficient (Wildman–Crippen LogP) is 4.26. The molecule has 0 atom stereocenters. The fourth-order valence-electron chi connectivity index (χ4n) is 3.35. The van der Waals surface area contributed by atoms with Crippen molar-refractivity contribution in [2.24, 2.45) is 0 Å². The van der Waals surface area contributed by atoms with Crippen LogP contribution in [-0.2, 0) is 18.8 Å². The Morgan fingerprint density at radius 3 is 1.91 bits per heavy atom. The first-order valence-corrected chi connectivity index (χ1v) is 10.3. The van der Waals surface area contributed by atoms with Crippen molar-refractivity contribution in [1.82, 2.24) is 0 Å². The van der Waals surface area contributed by atoms with Crippen LogP contribution in [-0.4, -0.2) is 33.8 Å². The van der Waals surface area contributed by atoms with Gasteiger partial charge in [0.05, 0.1) is 6.61 Å². The Hall–Kier alpha value is -0.943. The zero-order valence-corrected chi connectivity index (χ0v) is 16.1. The van der Waals surface area contributed by atoms with Crippen molar-refractivity contribution in [1.29, 1.82) is 0 Å². The van der Waals surface area contributed by atoms with E-state index < -0.39 is 14.3 Å². The average Bonchev–Trinajstić information content (AvgIpc) is 2.41. The molecular weight excluding hydrogens is 296 g/mol. The summed E-state index contributed by atoms with van der Waals surface area (Å²) in [6.07, 6.45) is 2.43. The Morgan fingerprint density at radius 1 is 1.05 bits per heavy atom. The molecule has 5 heteroatoms. The van der Waals surface area contributed by atoms with Gasteiger partial charge in [-0.1, -0.05) is 41.5 Å². The summed E-state index contributed by atoms with van der Waals surface area (Å²) in [6, 6.07) is 0. The van der Waals surface area contributed by atoms with Crippen LogP contribution in [0.15, 0.2) is 11.6 Å². The lowest BCUT2D eigenvalue weighted by atomic mass is 10.2. The zero-order chi connectivity index (χ0) is 17.3. The molecule has 128 valence electrons. The molecule has 0 aromatic carbocycles. The minimum absolute atomic E-state index is 0.308. The molecule has 0 unspecified atom stereocenters. The number of rotatable bonds is 10. The maximum atomic E-state index is 11.4. The Morgan fingerprint density at radius 2 is 1.55 bits per heavy atom. The largest absolute Gasteiger partial charge is 0.463 e. The summed E-state index contributed by atoms with van der Waals surface area (Å²) in [5, 5.41) is 0. The minimum atomic E-state index is -1.92. The molecule has 0 aromatic heterocycles. The van der Waals surface area contributed by atoms with Crippen LogP contribution in [0, 0.1) is 0 Å². The van der Waals surface area contributed by atoms with Gasteiger partial charge in [-0.2, -0.15) is 0 Å². The van der Waals surface area contributed by atoms with Gasteiger partial charge >= 0.3 is 5.97 Å². The first kappa shape index (κ1) is 21.1. The lowest BCUT2D eigenvalue weighted by Crippen LogP contribution is -2.48. The van der Waals surface area contributed by atoms with Gasteiger partial charge < -0.3 is 9.16 Å². The highest BCUT2D eigenvalue weighted by Gasteiger charge is 2.44. The predicted molar refractivity (Wildman–Crippen MR) is 92.4 cm³/mol. The second kappa shape index (κ2) is 9.95. The van der Waals surface area contributed by atoms with E-state index in [1.54, 1.807) is 6.92 Å². The van der Waals surface area contributed by atoms with Crippen LogP contribution < -0.4 is 0 Å². The Bertz CT molecular complexity index is 364. The van der Waals surface area contributed by atoms with Crippen LogP contribution in [0.5, 0.6) is 0 Å². The van der Waals surface area contributed by atoms with Crippen molar-refractivity contribution >= 4 is 20.6 Å². The quantitative estimate of drug-likeness (QED) is 0.260. The fourth-order valence-corrected chi connectivity index (χ4v) is 8.80. The first-order chi connectivity index (χ1) is 10.2. The Kier molecular flexibility index (Phi) is 9.52. The van der Waals surface area contributed by atoms with Gasteiger partial charge in [-0.05, 0) is 30.0 Å². The van der Waals surface area contributed by atoms with E-state index in [1.807, 2.05) is 0 Å². The van der Waals surface area contributed by atoms with Crippen LogP contribution in [0.25, 0.3) is 0 Å². The third-order valence-electron chi connectivity index (χ3n) is 4.19. The molecular formula is C17H32O4Si. The fraction of sp³-hybridized carbons (Fsp3) is 0.765. The maximum absolute atomic E-state index is 11.4. The van der Waals surface area contributed by atoms with E-state index in [2.05, 4.69) is 41.5 Å². The van der Waals surface area contributed by atoms with Crippen molar-refractivity contribution in [2.45, 2.75) is 71.5 Å². The number of aldehydes is 1. The molecule has 0 spiro atoms. The van der Waals surface area contributed by atoms with E-state index in [4.69, 9.17) is 9.16 Å². The van der Waals surface area contributed by atoms with E-state index in [-0.39, 0.29) is 0 Å². The molecule has 0 fully saturated rings. The van der Waals surface area contributed by atoms with Gasteiger partial charge in [-0.15, -0.1) is 0 Å². The highest BCUT2D eigenvalue weighted by Crippen LogP contribution is 2.42. The van der Waals surface area contributed by atoms with Crippen molar-refractivity contribution in [3.8, 4) is 0 Å². The van der Waals surface area contributed by atoms with Gasteiger partial charge in [-0.3, -0.25) is 4.79 Å². The van der Waals surface area contributed by atoms with E-state index in [0.29, 0.717) is 48.1 Å². The molecule has 0 aliphatic rings. The molecule has 0 aromatic rings. The summed E-state index contributed by atoms with van der Waals surface area (Å²) in [7, 11) is -1.92. The van der Waals surface area contributed by atoms with Crippen molar-refractivity contribution in [2.75, 3.05) is 13.2 Å². The van der Waals surface area contributed by atoms with E-state index in [1.165, 1.54) is 6.08 Å². The van der Waals surface area contributed by atoms with Crippen LogP contribution >= 0.6 is 0 Å². The smallest absolute Gasteiger partial charge is 0.331 e. The second-order valence-electron chi connectivity index (χ2n) is 6.51. The number of carbonyl (C=O) groups excluding carboxylic acids is 2. The van der Waals surface area contributed by atoms with Gasteiger partial charge in [0.2, 0.25) is 0 Å². The van der Waals surface area contributed by atoms with Crippen molar-refractivity contribution in [3.63, 3.8) is 0 Å². The zero-order valence-electron chi connectivity index (χ0n) is 15.1. The molecule has 0 radical (unpaired) electrons. The van der Waals surface area contributed by atoms with E-state index in [9.17, 15) is 9.59 Å². The average molecular weight is 329 g/mol. The SMILES string of the molecule is CCOC(=O)/C=C(\C=O)CCO[Si](C(C)C)(C(C)C)C(C)C. The van der Waals surface area contributed by atoms with Gasteiger partial charge in [0.15, 0.2) is 8.32 Å². The van der Waals surface area contributed by atoms with E-state index >= 15 is 0 Å². The summed E-state index contributed by atoms with van der Waals surface area (Å²) in [6.45, 7) is 15.9. The van der Waals surface area contributed by atoms with Gasteiger partial charge in [0.25, 0.3) is 0 Å². The molecule has 0 aliphatic heterocycles. The molecule has 0 aliphatic carbocycles. The number of esters is 1. The molecule has 0 bridgehead atoms. The topological polar surface area (TPSA) is 52.6 Å². The lowest BCUT2D eigenvalue weighted by molar-refractivity contribution is -0.137. The highest BCUT2D eigenvalue weighted by molar-refractivity contribution is 6.77. The van der Waals surface area contributed by atoms with Crippen LogP contribution in [0.1, 0.15) is 54.9 Å². The van der Waals surface area contributed by atoms with Crippen molar-refractivity contribution < 1.29 is 18.8 Å². The monoisotopic (exact) mass is 328 g/mol. The molecule has 0 saturated heterocycles. The molecule has 0 heterocycles. The van der Waals surface area contributed by atoms with Crippen molar-refractivity contribution in [3.05, 3.63) is 11.6 Å². The summed E-state index contributed by atoms with van der Waals surface area (Å²) in [5.41, 5.74) is 1.93. The second-order valence-corrected chi connectivity index (χ2v) is 12.0. The summed E-state index contributed by atoms with van der Waals surface area (Å²) in [5.74, 6) is -0.468. The number of hydrogen-bond donors (Lipinski definition) is 0. The Labute approximate surface area is 136 Å². The molecule has 0 N–H and O–H groups in total. The standard InChI is InChI=1S/C17H32O4Si/c1-8-20-17(19)11-16(12-18)9-10-21-22(13(2)3,14(4)5)15(6)7/h11-15H,8-10H2,1-7H3/b16-11-. The highest BCUT2D eigenvalue weighted by atomic mass is 28.4. The third kappa shape index (κ3) is 5.69. The summed E-state index contributed by atoms with van der Waals surface area (Å²) in [4.78, 5) is 22.5. The minimum Gasteiger partial charge on any atom is -0.463 e. The van der Waals surface area contributed by atoms with Gasteiger partial charge in [0, 0.05) is 18.3 Å². The normalized spacial score (nSPS) is 13.1. The molecule has 0 amide bonds. The number of carbonyl (C=O) groups is 2. The summed E-state index contributed by atoms with van der Waals surface area (Å²) < 4.78 is 11.2. The molecule has 0 saturated carbocycles. The molecule has 4 nitrogen and oxygen atoms in total. The first-order valence-electron chi connectivity index (χ1n) is 8.18. The third-order valence-corrected chi connectivity index (χ3v) is 10.3. The number of hydrogen-bond acceptors (Lipinski definition) is 4. The van der Waals surface area contributed by atoms with Gasteiger partial charge in [-0.25, -0.2) is 4.79 Å². The molecule has 22 heavy (non-hydrogen) atoms. The van der Waals surface area contributed by atoms with Crippen LogP contribution in [0.2, 0.25) is 16.6 Å². The Balaban J connectivity index is 4.87. The summed E-state index contributed by atoms with van der Waals surface area (Å²) >= 11 is 0. The lowest BCUT2D eigenvalue weighted by Gasteiger charge is -2.42. The van der Waals surface area contributed by atoms with Gasteiger partial charge in [0.1, 0.15) is 6.29 Å².